The molecule has 0 rings (SSSR count). The fraction of sp³-hybridized carbons (Fsp3) is 0.750. The molecular formula is C8H12BrO2. The maximum atomic E-state index is 10.6. The molecule has 0 aliphatic carbocycles. The first kappa shape index (κ1) is 10.8. The van der Waals surface area contributed by atoms with Gasteiger partial charge in [-0.25, -0.2) is 0 Å². The van der Waals surface area contributed by atoms with E-state index in [1.54, 1.807) is 0 Å². The molecule has 0 spiro atoms. The molecule has 0 heterocycles. The highest BCUT2D eigenvalue weighted by atomic mass is 79.9. The first-order chi connectivity index (χ1) is 5.16. The Hall–Kier alpha value is -0.180. The number of rotatable bonds is 5. The van der Waals surface area contributed by atoms with Gasteiger partial charge in [0, 0.05) is 0 Å². The lowest BCUT2D eigenvalue weighted by molar-refractivity contribution is -0.108. The molecule has 3 heteroatoms. The highest BCUT2D eigenvalue weighted by Gasteiger charge is 2.34. The maximum Gasteiger partial charge on any atom is 0.206 e. The van der Waals surface area contributed by atoms with Gasteiger partial charge in [-0.3, -0.25) is 4.79 Å². The van der Waals surface area contributed by atoms with Crippen molar-refractivity contribution in [3.05, 3.63) is 0 Å². The molecule has 0 saturated carbocycles. The van der Waals surface area contributed by atoms with Crippen LogP contribution in [0.1, 0.15) is 26.7 Å². The van der Waals surface area contributed by atoms with E-state index in [0.717, 1.165) is 6.29 Å². The molecule has 0 fully saturated rings. The summed E-state index contributed by atoms with van der Waals surface area (Å²) in [7, 11) is 0. The van der Waals surface area contributed by atoms with Crippen LogP contribution < -0.4 is 0 Å². The molecule has 0 saturated heterocycles. The summed E-state index contributed by atoms with van der Waals surface area (Å²) in [5, 5.41) is 0. The van der Waals surface area contributed by atoms with Crippen molar-refractivity contribution in [1.29, 1.82) is 0 Å². The van der Waals surface area contributed by atoms with E-state index >= 15 is 0 Å². The summed E-state index contributed by atoms with van der Waals surface area (Å²) >= 11 is 3.15. The normalized spacial score (nSPS) is 14.1. The first-order valence-electron chi connectivity index (χ1n) is 3.65. The van der Waals surface area contributed by atoms with Gasteiger partial charge in [-0.15, -0.1) is 0 Å². The van der Waals surface area contributed by atoms with Crippen LogP contribution in [0.15, 0.2) is 0 Å². The van der Waals surface area contributed by atoms with E-state index in [-0.39, 0.29) is 0 Å². The van der Waals surface area contributed by atoms with Gasteiger partial charge in [0.2, 0.25) is 6.29 Å². The fourth-order valence-corrected chi connectivity index (χ4v) is 1.71. The summed E-state index contributed by atoms with van der Waals surface area (Å²) in [5.74, 6) is 0. The van der Waals surface area contributed by atoms with Crippen LogP contribution in [0, 0.1) is 5.41 Å². The van der Waals surface area contributed by atoms with Crippen LogP contribution in [-0.4, -0.2) is 17.4 Å². The molecule has 0 aliphatic heterocycles. The molecule has 0 aliphatic rings. The van der Waals surface area contributed by atoms with Gasteiger partial charge in [-0.05, 0) is 12.8 Å². The minimum absolute atomic E-state index is 0.400. The average Bonchev–Trinajstić information content (AvgIpc) is 2.08. The maximum absolute atomic E-state index is 10.6. The molecule has 0 aromatic carbocycles. The smallest absolute Gasteiger partial charge is 0.206 e. The van der Waals surface area contributed by atoms with Crippen molar-refractivity contribution < 1.29 is 9.59 Å². The van der Waals surface area contributed by atoms with Crippen molar-refractivity contribution in [3.63, 3.8) is 0 Å². The van der Waals surface area contributed by atoms with Gasteiger partial charge in [0.1, 0.15) is 6.29 Å². The van der Waals surface area contributed by atoms with Crippen LogP contribution in [0.2, 0.25) is 0 Å². The second kappa shape index (κ2) is 4.65. The number of carbonyl (C=O) groups excluding carboxylic acids is 2. The minimum Gasteiger partial charge on any atom is -0.302 e. The minimum atomic E-state index is -0.623. The zero-order valence-electron chi connectivity index (χ0n) is 6.76. The monoisotopic (exact) mass is 219 g/mol. The van der Waals surface area contributed by atoms with E-state index in [1.807, 2.05) is 20.1 Å². The van der Waals surface area contributed by atoms with Crippen molar-refractivity contribution in [3.8, 4) is 0 Å². The summed E-state index contributed by atoms with van der Waals surface area (Å²) in [6, 6.07) is 0. The fourth-order valence-electron chi connectivity index (χ4n) is 0.971. The second-order valence-corrected chi connectivity index (χ2v) is 3.49. The summed E-state index contributed by atoms with van der Waals surface area (Å²) in [4.78, 5) is 20.6. The summed E-state index contributed by atoms with van der Waals surface area (Å²) in [5.41, 5.74) is -0.623. The van der Waals surface area contributed by atoms with Gasteiger partial charge in [-0.1, -0.05) is 29.8 Å². The quantitative estimate of drug-likeness (QED) is 0.523. The van der Waals surface area contributed by atoms with Crippen molar-refractivity contribution in [2.45, 2.75) is 31.5 Å². The van der Waals surface area contributed by atoms with Crippen LogP contribution >= 0.6 is 15.9 Å². The van der Waals surface area contributed by atoms with E-state index < -0.39 is 10.2 Å². The van der Waals surface area contributed by atoms with E-state index in [4.69, 9.17) is 0 Å². The third kappa shape index (κ3) is 2.12. The Bertz CT molecular complexity index is 141. The number of hydrogen-bond donors (Lipinski definition) is 0. The Morgan fingerprint density at radius 3 is 2.09 bits per heavy atom. The molecule has 1 unspecified atom stereocenters. The van der Waals surface area contributed by atoms with Crippen LogP contribution in [0.25, 0.3) is 0 Å². The Kier molecular flexibility index (Phi) is 4.57. The Balaban J connectivity index is 4.51. The summed E-state index contributed by atoms with van der Waals surface area (Å²) in [6.07, 6.45) is 3.97. The highest BCUT2D eigenvalue weighted by Crippen LogP contribution is 2.31. The molecule has 0 bridgehead atoms. The van der Waals surface area contributed by atoms with Crippen molar-refractivity contribution in [2.75, 3.05) is 0 Å². The van der Waals surface area contributed by atoms with E-state index in [1.165, 1.54) is 0 Å². The van der Waals surface area contributed by atoms with Gasteiger partial charge in [0.15, 0.2) is 0 Å². The van der Waals surface area contributed by atoms with Crippen molar-refractivity contribution in [2.24, 2.45) is 5.41 Å². The zero-order valence-corrected chi connectivity index (χ0v) is 8.35. The number of hydrogen-bond acceptors (Lipinski definition) is 2. The highest BCUT2D eigenvalue weighted by molar-refractivity contribution is 9.10. The zero-order chi connectivity index (χ0) is 8.91. The lowest BCUT2D eigenvalue weighted by atomic mass is 9.81. The second-order valence-electron chi connectivity index (χ2n) is 2.50. The Labute approximate surface area is 75.5 Å². The average molecular weight is 220 g/mol. The predicted molar refractivity (Wildman–Crippen MR) is 47.5 cm³/mol. The predicted octanol–water partition coefficient (Wildman–Crippen LogP) is 1.86. The number of alkyl halides is 1. The number of carbonyl (C=O) groups is 1. The lowest BCUT2D eigenvalue weighted by Gasteiger charge is -2.25. The van der Waals surface area contributed by atoms with Crippen molar-refractivity contribution in [1.82, 2.24) is 0 Å². The van der Waals surface area contributed by atoms with Gasteiger partial charge in [0.05, 0.1) is 10.2 Å². The Morgan fingerprint density at radius 1 is 1.55 bits per heavy atom. The van der Waals surface area contributed by atoms with Gasteiger partial charge in [0.25, 0.3) is 0 Å². The molecule has 0 aromatic rings. The number of halogens is 1. The standard InChI is InChI=1S/C8H12BrO2/c1-3-8(4-2,6-11)7(9)5-10/h5,7H,3-4H2,1-2H3. The molecule has 2 nitrogen and oxygen atoms in total. The van der Waals surface area contributed by atoms with Crippen LogP contribution in [-0.2, 0) is 9.59 Å². The molecule has 0 amide bonds. The van der Waals surface area contributed by atoms with Crippen molar-refractivity contribution >= 4 is 28.5 Å². The SMILES string of the molecule is CCC([C]=O)(CC)C(Br)C=O. The summed E-state index contributed by atoms with van der Waals surface area (Å²) in [6.45, 7) is 3.76. The van der Waals surface area contributed by atoms with E-state index in [0.29, 0.717) is 12.8 Å². The van der Waals surface area contributed by atoms with E-state index in [9.17, 15) is 9.59 Å². The number of aldehydes is 1. The molecule has 1 atom stereocenters. The third-order valence-electron chi connectivity index (χ3n) is 2.11. The van der Waals surface area contributed by atoms with Crippen LogP contribution in [0.5, 0.6) is 0 Å². The third-order valence-corrected chi connectivity index (χ3v) is 3.20. The van der Waals surface area contributed by atoms with Gasteiger partial charge >= 0.3 is 0 Å². The van der Waals surface area contributed by atoms with Crippen LogP contribution in [0.3, 0.4) is 0 Å². The van der Waals surface area contributed by atoms with Gasteiger partial charge in [-0.2, -0.15) is 0 Å². The van der Waals surface area contributed by atoms with E-state index in [2.05, 4.69) is 15.9 Å². The first-order valence-corrected chi connectivity index (χ1v) is 4.57. The topological polar surface area (TPSA) is 34.1 Å². The van der Waals surface area contributed by atoms with Gasteiger partial charge < -0.3 is 4.79 Å². The summed E-state index contributed by atoms with van der Waals surface area (Å²) < 4.78 is 0. The molecule has 63 valence electrons. The largest absolute Gasteiger partial charge is 0.302 e. The lowest BCUT2D eigenvalue weighted by Crippen LogP contribution is -2.32. The Morgan fingerprint density at radius 2 is 2.00 bits per heavy atom. The molecule has 0 aromatic heterocycles. The van der Waals surface area contributed by atoms with Crippen LogP contribution in [0.4, 0.5) is 0 Å². The molecule has 11 heavy (non-hydrogen) atoms. The molecular weight excluding hydrogens is 208 g/mol. The molecule has 0 N–H and O–H groups in total. The molecule has 1 radical (unpaired) electrons.